The van der Waals surface area contributed by atoms with Crippen LogP contribution in [0.4, 0.5) is 5.69 Å². The molecule has 0 radical (unpaired) electrons. The van der Waals surface area contributed by atoms with E-state index in [0.717, 1.165) is 17.1 Å². The van der Waals surface area contributed by atoms with Crippen LogP contribution in [-0.2, 0) is 14.8 Å². The monoisotopic (exact) mass is 432 g/mol. The molecule has 2 aromatic carbocycles. The fourth-order valence-corrected chi connectivity index (χ4v) is 5.08. The van der Waals surface area contributed by atoms with Gasteiger partial charge >= 0.3 is 0 Å². The van der Waals surface area contributed by atoms with Crippen molar-refractivity contribution in [3.05, 3.63) is 48.5 Å². The van der Waals surface area contributed by atoms with Crippen LogP contribution >= 0.6 is 0 Å². The van der Waals surface area contributed by atoms with E-state index in [0.29, 0.717) is 36.2 Å². The number of sulfonamides is 1. The van der Waals surface area contributed by atoms with Gasteiger partial charge in [0.15, 0.2) is 11.5 Å². The molecule has 0 spiro atoms. The van der Waals surface area contributed by atoms with Crippen molar-refractivity contribution in [3.63, 3.8) is 0 Å². The Kier molecular flexibility index (Phi) is 6.87. The second-order valence-electron chi connectivity index (χ2n) is 7.45. The fourth-order valence-electron chi connectivity index (χ4n) is 3.65. The highest BCUT2D eigenvalue weighted by molar-refractivity contribution is 7.92. The van der Waals surface area contributed by atoms with Gasteiger partial charge in [-0.2, -0.15) is 0 Å². The summed E-state index contributed by atoms with van der Waals surface area (Å²) in [6, 6.07) is 12.9. The van der Waals surface area contributed by atoms with Crippen LogP contribution in [0.2, 0.25) is 0 Å². The number of amides is 1. The van der Waals surface area contributed by atoms with Crippen molar-refractivity contribution in [3.8, 4) is 11.5 Å². The maximum atomic E-state index is 13.5. The first kappa shape index (κ1) is 22.0. The minimum atomic E-state index is -3.96. The van der Waals surface area contributed by atoms with Crippen molar-refractivity contribution in [1.29, 1.82) is 0 Å². The summed E-state index contributed by atoms with van der Waals surface area (Å²) in [7, 11) is -0.961. The molecule has 8 heteroatoms. The van der Waals surface area contributed by atoms with Gasteiger partial charge in [-0.25, -0.2) is 8.42 Å². The third-order valence-electron chi connectivity index (χ3n) is 5.27. The van der Waals surface area contributed by atoms with Crippen LogP contribution in [0.25, 0.3) is 0 Å². The molecule has 162 valence electrons. The highest BCUT2D eigenvalue weighted by Gasteiger charge is 2.30. The second kappa shape index (κ2) is 9.38. The molecule has 2 aromatic rings. The Morgan fingerprint density at radius 1 is 1.10 bits per heavy atom. The minimum absolute atomic E-state index is 0.125. The number of nitrogens with zero attached hydrogens (tertiary/aromatic N) is 2. The standard InChI is InChI=1S/C22H28N2O5S/c1-17-8-7-13-23(15-17)22(25)16-24(30(26,27)19-9-5-4-6-10-19)18-11-12-20(28-2)21(14-18)29-3/h4-6,9-12,14,17H,7-8,13,15-16H2,1-3H3/t17-/m0/s1. The van der Waals surface area contributed by atoms with Gasteiger partial charge in [0.25, 0.3) is 10.0 Å². The first-order valence-corrected chi connectivity index (χ1v) is 11.4. The van der Waals surface area contributed by atoms with E-state index < -0.39 is 10.0 Å². The highest BCUT2D eigenvalue weighted by atomic mass is 32.2. The fraction of sp³-hybridized carbons (Fsp3) is 0.409. The Hall–Kier alpha value is -2.74. The van der Waals surface area contributed by atoms with Crippen molar-refractivity contribution in [2.45, 2.75) is 24.7 Å². The summed E-state index contributed by atoms with van der Waals surface area (Å²) in [5, 5.41) is 0. The van der Waals surface area contributed by atoms with Gasteiger partial charge in [0, 0.05) is 19.2 Å². The topological polar surface area (TPSA) is 76.2 Å². The third-order valence-corrected chi connectivity index (χ3v) is 7.06. The van der Waals surface area contributed by atoms with Crippen LogP contribution in [-0.4, -0.2) is 53.1 Å². The first-order chi connectivity index (χ1) is 14.4. The van der Waals surface area contributed by atoms with E-state index in [1.807, 2.05) is 0 Å². The Labute approximate surface area is 178 Å². The van der Waals surface area contributed by atoms with Crippen LogP contribution in [0.3, 0.4) is 0 Å². The molecule has 30 heavy (non-hydrogen) atoms. The summed E-state index contributed by atoms with van der Waals surface area (Å²) in [6.45, 7) is 3.12. The molecule has 0 aliphatic carbocycles. The molecule has 1 saturated heterocycles. The van der Waals surface area contributed by atoms with Crippen molar-refractivity contribution >= 4 is 21.6 Å². The molecule has 3 rings (SSSR count). The molecule has 1 fully saturated rings. The Balaban J connectivity index is 2.00. The molecule has 1 amide bonds. The molecule has 1 aliphatic heterocycles. The Morgan fingerprint density at radius 2 is 1.80 bits per heavy atom. The van der Waals surface area contributed by atoms with Gasteiger partial charge in [-0.15, -0.1) is 0 Å². The lowest BCUT2D eigenvalue weighted by Crippen LogP contribution is -2.46. The second-order valence-corrected chi connectivity index (χ2v) is 9.31. The molecular weight excluding hydrogens is 404 g/mol. The molecule has 1 atom stereocenters. The Morgan fingerprint density at radius 3 is 2.43 bits per heavy atom. The van der Waals surface area contributed by atoms with Crippen molar-refractivity contribution < 1.29 is 22.7 Å². The lowest BCUT2D eigenvalue weighted by atomic mass is 10.0. The van der Waals surface area contributed by atoms with E-state index in [1.165, 1.54) is 26.4 Å². The quantitative estimate of drug-likeness (QED) is 0.672. The largest absolute Gasteiger partial charge is 0.493 e. The molecule has 1 aliphatic rings. The number of piperidine rings is 1. The number of ether oxygens (including phenoxy) is 2. The SMILES string of the molecule is COc1ccc(N(CC(=O)N2CCC[C@H](C)C2)S(=O)(=O)c2ccccc2)cc1OC. The predicted octanol–water partition coefficient (Wildman–Crippen LogP) is 3.16. The number of methoxy groups -OCH3 is 2. The highest BCUT2D eigenvalue weighted by Crippen LogP contribution is 2.34. The van der Waals surface area contributed by atoms with Crippen molar-refractivity contribution in [1.82, 2.24) is 4.90 Å². The van der Waals surface area contributed by atoms with Gasteiger partial charge in [-0.05, 0) is 43.0 Å². The number of carbonyl (C=O) groups excluding carboxylic acids is 1. The maximum Gasteiger partial charge on any atom is 0.264 e. The average molecular weight is 433 g/mol. The van der Waals surface area contributed by atoms with E-state index in [4.69, 9.17) is 9.47 Å². The zero-order valence-corrected chi connectivity index (χ0v) is 18.4. The van der Waals surface area contributed by atoms with Crippen LogP contribution in [0, 0.1) is 5.92 Å². The van der Waals surface area contributed by atoms with E-state index in [1.54, 1.807) is 41.3 Å². The Bertz CT molecular complexity index is 978. The van der Waals surface area contributed by atoms with Gasteiger partial charge in [-0.1, -0.05) is 25.1 Å². The number of anilines is 1. The van der Waals surface area contributed by atoms with Crippen LogP contribution in [0.15, 0.2) is 53.4 Å². The average Bonchev–Trinajstić information content (AvgIpc) is 2.77. The normalized spacial score (nSPS) is 16.8. The summed E-state index contributed by atoms with van der Waals surface area (Å²) in [6.07, 6.45) is 2.00. The number of rotatable bonds is 7. The zero-order valence-electron chi connectivity index (χ0n) is 17.6. The lowest BCUT2D eigenvalue weighted by Gasteiger charge is -2.33. The van der Waals surface area contributed by atoms with Crippen LogP contribution < -0.4 is 13.8 Å². The van der Waals surface area contributed by atoms with Gasteiger partial charge in [0.1, 0.15) is 6.54 Å². The number of hydrogen-bond donors (Lipinski definition) is 0. The number of carbonyl (C=O) groups is 1. The van der Waals surface area contributed by atoms with E-state index in [2.05, 4.69) is 6.92 Å². The van der Waals surface area contributed by atoms with Gasteiger partial charge in [0.05, 0.1) is 24.8 Å². The maximum absolute atomic E-state index is 13.5. The molecule has 7 nitrogen and oxygen atoms in total. The number of benzene rings is 2. The minimum Gasteiger partial charge on any atom is -0.493 e. The van der Waals surface area contributed by atoms with E-state index in [-0.39, 0.29) is 17.3 Å². The number of likely N-dealkylation sites (tertiary alicyclic amines) is 1. The summed E-state index contributed by atoms with van der Waals surface area (Å²) in [5.41, 5.74) is 0.343. The van der Waals surface area contributed by atoms with Crippen LogP contribution in [0.5, 0.6) is 11.5 Å². The van der Waals surface area contributed by atoms with E-state index >= 15 is 0 Å². The molecule has 1 heterocycles. The van der Waals surface area contributed by atoms with Gasteiger partial charge < -0.3 is 14.4 Å². The lowest BCUT2D eigenvalue weighted by molar-refractivity contribution is -0.131. The van der Waals surface area contributed by atoms with Crippen molar-refractivity contribution in [2.75, 3.05) is 38.2 Å². The van der Waals surface area contributed by atoms with Crippen LogP contribution in [0.1, 0.15) is 19.8 Å². The summed E-state index contributed by atoms with van der Waals surface area (Å²) < 4.78 is 38.7. The summed E-state index contributed by atoms with van der Waals surface area (Å²) in [5.74, 6) is 1.07. The van der Waals surface area contributed by atoms with Crippen molar-refractivity contribution in [2.24, 2.45) is 5.92 Å². The molecule has 0 bridgehead atoms. The molecule has 0 unspecified atom stereocenters. The zero-order chi connectivity index (χ0) is 21.7. The third kappa shape index (κ3) is 4.70. The summed E-state index contributed by atoms with van der Waals surface area (Å²) in [4.78, 5) is 14.9. The molecule has 0 saturated carbocycles. The first-order valence-electron chi connectivity index (χ1n) is 9.94. The van der Waals surface area contributed by atoms with Gasteiger partial charge in [0.2, 0.25) is 5.91 Å². The summed E-state index contributed by atoms with van der Waals surface area (Å²) >= 11 is 0. The smallest absolute Gasteiger partial charge is 0.264 e. The molecule has 0 aromatic heterocycles. The molecule has 0 N–H and O–H groups in total. The number of hydrogen-bond acceptors (Lipinski definition) is 5. The van der Waals surface area contributed by atoms with Gasteiger partial charge in [-0.3, -0.25) is 9.10 Å². The van der Waals surface area contributed by atoms with E-state index in [9.17, 15) is 13.2 Å². The predicted molar refractivity (Wildman–Crippen MR) is 115 cm³/mol. The molecular formula is C22H28N2O5S.